The van der Waals surface area contributed by atoms with E-state index in [1.165, 1.54) is 0 Å². The van der Waals surface area contributed by atoms with E-state index < -0.39 is 0 Å². The Hall–Kier alpha value is -1.82. The van der Waals surface area contributed by atoms with Crippen LogP contribution in [0.15, 0.2) is 24.4 Å². The highest BCUT2D eigenvalue weighted by molar-refractivity contribution is 7.99. The third-order valence-electron chi connectivity index (χ3n) is 3.48. The highest BCUT2D eigenvalue weighted by Gasteiger charge is 2.14. The highest BCUT2D eigenvalue weighted by Crippen LogP contribution is 2.31. The van der Waals surface area contributed by atoms with Gasteiger partial charge in [0, 0.05) is 40.8 Å². The molecule has 0 bridgehead atoms. The number of nitro benzene ring substituents is 1. The van der Waals surface area contributed by atoms with Gasteiger partial charge in [-0.05, 0) is 31.7 Å². The van der Waals surface area contributed by atoms with Crippen molar-refractivity contribution in [2.45, 2.75) is 25.5 Å². The first-order valence-electron chi connectivity index (χ1n) is 6.83. The van der Waals surface area contributed by atoms with E-state index in [1.54, 1.807) is 18.3 Å². The number of hydrogen-bond acceptors (Lipinski definition) is 5. The van der Waals surface area contributed by atoms with Crippen LogP contribution in [0.25, 0.3) is 10.8 Å². The molecule has 1 heterocycles. The number of thioether (sulfide) groups is 1. The van der Waals surface area contributed by atoms with Crippen molar-refractivity contribution in [1.82, 2.24) is 4.98 Å². The number of fused-ring (bicyclic) bond motifs is 1. The van der Waals surface area contributed by atoms with Gasteiger partial charge < -0.3 is 5.32 Å². The number of anilines is 1. The molecule has 5 nitrogen and oxygen atoms in total. The number of aromatic nitrogens is 1. The second-order valence-electron chi connectivity index (χ2n) is 5.02. The molecule has 2 rings (SSSR count). The largest absolute Gasteiger partial charge is 0.384 e. The molecule has 0 aliphatic rings. The molecular formula is C15H19N3O2S. The fourth-order valence-corrected chi connectivity index (χ4v) is 2.52. The zero-order valence-corrected chi connectivity index (χ0v) is 13.2. The van der Waals surface area contributed by atoms with E-state index in [9.17, 15) is 10.1 Å². The molecule has 0 fully saturated rings. The first-order chi connectivity index (χ1) is 10.0. The minimum Gasteiger partial charge on any atom is -0.384 e. The van der Waals surface area contributed by atoms with Gasteiger partial charge in [0.15, 0.2) is 0 Å². The molecule has 1 aromatic carbocycles. The Bertz CT molecular complexity index is 661. The van der Waals surface area contributed by atoms with Crippen molar-refractivity contribution in [3.8, 4) is 0 Å². The van der Waals surface area contributed by atoms with E-state index in [0.29, 0.717) is 10.6 Å². The van der Waals surface area contributed by atoms with E-state index >= 15 is 0 Å². The summed E-state index contributed by atoms with van der Waals surface area (Å²) in [6.45, 7) is 4.92. The summed E-state index contributed by atoms with van der Waals surface area (Å²) in [5.41, 5.74) is 1.87. The molecule has 0 saturated heterocycles. The first kappa shape index (κ1) is 15.6. The molecule has 21 heavy (non-hydrogen) atoms. The maximum Gasteiger partial charge on any atom is 0.278 e. The third kappa shape index (κ3) is 3.64. The standard InChI is InChI=1S/C15H19N3O2S/c1-10-8-12-13(9-17-10)15(18(19)20)5-4-14(12)16-7-6-11(2)21-3/h4-5,8-9,11,16H,6-7H2,1-3H3. The van der Waals surface area contributed by atoms with Crippen LogP contribution in [0.3, 0.4) is 0 Å². The van der Waals surface area contributed by atoms with Gasteiger partial charge in [-0.2, -0.15) is 11.8 Å². The molecule has 0 radical (unpaired) electrons. The quantitative estimate of drug-likeness (QED) is 0.645. The summed E-state index contributed by atoms with van der Waals surface area (Å²) in [5, 5.41) is 16.5. The summed E-state index contributed by atoms with van der Waals surface area (Å²) in [6, 6.07) is 5.21. The van der Waals surface area contributed by atoms with Crippen LogP contribution in [0.1, 0.15) is 19.0 Å². The predicted molar refractivity (Wildman–Crippen MR) is 89.2 cm³/mol. The van der Waals surface area contributed by atoms with E-state index in [0.717, 1.165) is 29.7 Å². The molecule has 0 amide bonds. The lowest BCUT2D eigenvalue weighted by atomic mass is 10.1. The number of nitro groups is 1. The second kappa shape index (κ2) is 6.76. The summed E-state index contributed by atoms with van der Waals surface area (Å²) in [6.07, 6.45) is 4.73. The predicted octanol–water partition coefficient (Wildman–Crippen LogP) is 4.00. The number of benzene rings is 1. The zero-order valence-electron chi connectivity index (χ0n) is 12.4. The lowest BCUT2D eigenvalue weighted by Crippen LogP contribution is -2.08. The van der Waals surface area contributed by atoms with Crippen LogP contribution >= 0.6 is 11.8 Å². The topological polar surface area (TPSA) is 68.1 Å². The summed E-state index contributed by atoms with van der Waals surface area (Å²) >= 11 is 1.83. The van der Waals surface area contributed by atoms with Gasteiger partial charge in [-0.25, -0.2) is 0 Å². The van der Waals surface area contributed by atoms with Gasteiger partial charge in [0.25, 0.3) is 5.69 Å². The fraction of sp³-hybridized carbons (Fsp3) is 0.400. The molecule has 1 aromatic heterocycles. The van der Waals surface area contributed by atoms with Crippen molar-refractivity contribution in [2.75, 3.05) is 18.1 Å². The lowest BCUT2D eigenvalue weighted by molar-refractivity contribution is -0.383. The van der Waals surface area contributed by atoms with Crippen molar-refractivity contribution in [3.05, 3.63) is 40.2 Å². The Morgan fingerprint density at radius 3 is 2.86 bits per heavy atom. The number of nitrogens with one attached hydrogen (secondary N) is 1. The van der Waals surface area contributed by atoms with Crippen molar-refractivity contribution in [2.24, 2.45) is 0 Å². The fourth-order valence-electron chi connectivity index (χ4n) is 2.17. The van der Waals surface area contributed by atoms with Crippen LogP contribution in [0.2, 0.25) is 0 Å². The maximum atomic E-state index is 11.1. The van der Waals surface area contributed by atoms with E-state index in [-0.39, 0.29) is 10.6 Å². The Balaban J connectivity index is 2.34. The van der Waals surface area contributed by atoms with Crippen molar-refractivity contribution < 1.29 is 4.92 Å². The average Bonchev–Trinajstić information content (AvgIpc) is 2.46. The highest BCUT2D eigenvalue weighted by atomic mass is 32.2. The number of non-ortho nitro benzene ring substituents is 1. The number of aryl methyl sites for hydroxylation is 1. The molecule has 1 atom stereocenters. The second-order valence-corrected chi connectivity index (χ2v) is 6.30. The first-order valence-corrected chi connectivity index (χ1v) is 8.12. The minimum atomic E-state index is -0.362. The van der Waals surface area contributed by atoms with Gasteiger partial charge in [0.2, 0.25) is 0 Å². The average molecular weight is 305 g/mol. The number of hydrogen-bond donors (Lipinski definition) is 1. The Morgan fingerprint density at radius 1 is 1.43 bits per heavy atom. The normalized spacial score (nSPS) is 12.3. The van der Waals surface area contributed by atoms with Crippen molar-refractivity contribution in [3.63, 3.8) is 0 Å². The van der Waals surface area contributed by atoms with Gasteiger partial charge in [0.05, 0.1) is 10.3 Å². The van der Waals surface area contributed by atoms with Crippen molar-refractivity contribution in [1.29, 1.82) is 0 Å². The monoisotopic (exact) mass is 305 g/mol. The molecule has 0 aliphatic heterocycles. The molecule has 6 heteroatoms. The van der Waals surface area contributed by atoms with Gasteiger partial charge in [-0.3, -0.25) is 15.1 Å². The number of rotatable bonds is 6. The lowest BCUT2D eigenvalue weighted by Gasteiger charge is -2.12. The molecule has 0 aliphatic carbocycles. The van der Waals surface area contributed by atoms with E-state index in [2.05, 4.69) is 23.5 Å². The smallest absolute Gasteiger partial charge is 0.278 e. The Labute approximate surface area is 128 Å². The summed E-state index contributed by atoms with van der Waals surface area (Å²) in [5.74, 6) is 0. The van der Waals surface area contributed by atoms with Gasteiger partial charge in [-0.15, -0.1) is 0 Å². The SMILES string of the molecule is CSC(C)CCNc1ccc([N+](=O)[O-])c2cnc(C)cc12. The molecule has 112 valence electrons. The molecular weight excluding hydrogens is 286 g/mol. The Kier molecular flexibility index (Phi) is 5.01. The minimum absolute atomic E-state index is 0.0977. The van der Waals surface area contributed by atoms with Gasteiger partial charge >= 0.3 is 0 Å². The van der Waals surface area contributed by atoms with Crippen LogP contribution in [-0.4, -0.2) is 28.0 Å². The van der Waals surface area contributed by atoms with Crippen LogP contribution in [-0.2, 0) is 0 Å². The Morgan fingerprint density at radius 2 is 2.19 bits per heavy atom. The van der Waals surface area contributed by atoms with Gasteiger partial charge in [0.1, 0.15) is 0 Å². The van der Waals surface area contributed by atoms with E-state index in [1.807, 2.05) is 24.8 Å². The zero-order chi connectivity index (χ0) is 15.4. The van der Waals surface area contributed by atoms with Crippen molar-refractivity contribution >= 4 is 33.9 Å². The number of pyridine rings is 1. The summed E-state index contributed by atoms with van der Waals surface area (Å²) < 4.78 is 0. The van der Waals surface area contributed by atoms with E-state index in [4.69, 9.17) is 0 Å². The van der Waals surface area contributed by atoms with Crippen LogP contribution < -0.4 is 5.32 Å². The molecule has 0 spiro atoms. The van der Waals surface area contributed by atoms with Gasteiger partial charge in [-0.1, -0.05) is 6.92 Å². The molecule has 1 unspecified atom stereocenters. The third-order valence-corrected chi connectivity index (χ3v) is 4.52. The van der Waals surface area contributed by atoms with Crippen LogP contribution in [0, 0.1) is 17.0 Å². The molecule has 1 N–H and O–H groups in total. The maximum absolute atomic E-state index is 11.1. The summed E-state index contributed by atoms with van der Waals surface area (Å²) in [4.78, 5) is 14.9. The molecule has 0 saturated carbocycles. The number of nitrogens with zero attached hydrogens (tertiary/aromatic N) is 2. The van der Waals surface area contributed by atoms with Crippen LogP contribution in [0.5, 0.6) is 0 Å². The molecule has 2 aromatic rings. The van der Waals surface area contributed by atoms with Crippen LogP contribution in [0.4, 0.5) is 11.4 Å². The summed E-state index contributed by atoms with van der Waals surface area (Å²) in [7, 11) is 0.